The Kier molecular flexibility index (Phi) is 5.98. The summed E-state index contributed by atoms with van der Waals surface area (Å²) in [6.45, 7) is 3.28. The van der Waals surface area contributed by atoms with Gasteiger partial charge in [-0.3, -0.25) is 4.79 Å². The van der Waals surface area contributed by atoms with Gasteiger partial charge in [-0.25, -0.2) is 0 Å². The molecular weight excluding hydrogens is 276 g/mol. The molecule has 116 valence electrons. The van der Waals surface area contributed by atoms with Gasteiger partial charge < -0.3 is 15.8 Å². The number of amides is 1. The third-order valence-electron chi connectivity index (χ3n) is 3.31. The fourth-order valence-corrected chi connectivity index (χ4v) is 1.99. The smallest absolute Gasteiger partial charge is 0.255 e. The Labute approximate surface area is 131 Å². The molecule has 0 bridgehead atoms. The minimum Gasteiger partial charge on any atom is -0.494 e. The number of carbonyl (C=O) groups is 1. The second-order valence-electron chi connectivity index (χ2n) is 5.09. The average molecular weight is 298 g/mol. The SMILES string of the molecule is CCCCOc1cccc(NC(=O)c2ccc(CN)cc2)c1. The van der Waals surface area contributed by atoms with Crippen molar-refractivity contribution in [1.29, 1.82) is 0 Å². The molecule has 0 spiro atoms. The van der Waals surface area contributed by atoms with Crippen LogP contribution in [0.15, 0.2) is 48.5 Å². The molecule has 22 heavy (non-hydrogen) atoms. The van der Waals surface area contributed by atoms with Crippen LogP contribution >= 0.6 is 0 Å². The zero-order chi connectivity index (χ0) is 15.8. The third kappa shape index (κ3) is 4.60. The van der Waals surface area contributed by atoms with Gasteiger partial charge in [-0.2, -0.15) is 0 Å². The van der Waals surface area contributed by atoms with Gasteiger partial charge in [0.05, 0.1) is 6.61 Å². The second kappa shape index (κ2) is 8.20. The summed E-state index contributed by atoms with van der Waals surface area (Å²) in [6.07, 6.45) is 2.11. The molecule has 2 aromatic rings. The van der Waals surface area contributed by atoms with E-state index in [9.17, 15) is 4.79 Å². The number of unbranched alkanes of at least 4 members (excludes halogenated alkanes) is 1. The number of nitrogens with one attached hydrogen (secondary N) is 1. The van der Waals surface area contributed by atoms with E-state index in [1.165, 1.54) is 0 Å². The van der Waals surface area contributed by atoms with Crippen molar-refractivity contribution >= 4 is 11.6 Å². The molecule has 0 aromatic heterocycles. The highest BCUT2D eigenvalue weighted by atomic mass is 16.5. The molecular formula is C18H22N2O2. The van der Waals surface area contributed by atoms with Crippen molar-refractivity contribution in [2.45, 2.75) is 26.3 Å². The summed E-state index contributed by atoms with van der Waals surface area (Å²) in [6, 6.07) is 14.7. The fraction of sp³-hybridized carbons (Fsp3) is 0.278. The molecule has 3 N–H and O–H groups in total. The van der Waals surface area contributed by atoms with Gasteiger partial charge in [-0.1, -0.05) is 31.5 Å². The first kappa shape index (κ1) is 16.0. The van der Waals surface area contributed by atoms with E-state index in [2.05, 4.69) is 12.2 Å². The number of ether oxygens (including phenoxy) is 1. The molecule has 0 saturated carbocycles. The summed E-state index contributed by atoms with van der Waals surface area (Å²) in [4.78, 5) is 12.2. The van der Waals surface area contributed by atoms with Crippen molar-refractivity contribution in [1.82, 2.24) is 0 Å². The first-order valence-electron chi connectivity index (χ1n) is 7.56. The standard InChI is InChI=1S/C18H22N2O2/c1-2-3-11-22-17-6-4-5-16(12-17)20-18(21)15-9-7-14(13-19)8-10-15/h4-10,12H,2-3,11,13,19H2,1H3,(H,20,21). The molecule has 0 atom stereocenters. The molecule has 4 heteroatoms. The monoisotopic (exact) mass is 298 g/mol. The predicted octanol–water partition coefficient (Wildman–Crippen LogP) is 3.58. The summed E-state index contributed by atoms with van der Waals surface area (Å²) in [5.74, 6) is 0.624. The lowest BCUT2D eigenvalue weighted by atomic mass is 10.1. The van der Waals surface area contributed by atoms with E-state index in [-0.39, 0.29) is 5.91 Å². The highest BCUT2D eigenvalue weighted by Gasteiger charge is 2.06. The molecule has 0 aliphatic heterocycles. The summed E-state index contributed by atoms with van der Waals surface area (Å²) >= 11 is 0. The van der Waals surface area contributed by atoms with Crippen LogP contribution in [-0.2, 0) is 6.54 Å². The van der Waals surface area contributed by atoms with Gasteiger partial charge in [0.15, 0.2) is 0 Å². The Morgan fingerprint density at radius 1 is 1.18 bits per heavy atom. The van der Waals surface area contributed by atoms with Gasteiger partial charge in [-0.05, 0) is 36.2 Å². The zero-order valence-electron chi connectivity index (χ0n) is 12.8. The van der Waals surface area contributed by atoms with E-state index < -0.39 is 0 Å². The summed E-state index contributed by atoms with van der Waals surface area (Å²) in [5.41, 5.74) is 7.88. The molecule has 4 nitrogen and oxygen atoms in total. The van der Waals surface area contributed by atoms with Crippen LogP contribution in [-0.4, -0.2) is 12.5 Å². The maximum absolute atomic E-state index is 12.2. The largest absolute Gasteiger partial charge is 0.494 e. The molecule has 2 aromatic carbocycles. The van der Waals surface area contributed by atoms with Gasteiger partial charge in [-0.15, -0.1) is 0 Å². The maximum Gasteiger partial charge on any atom is 0.255 e. The van der Waals surface area contributed by atoms with Gasteiger partial charge in [0.1, 0.15) is 5.75 Å². The van der Waals surface area contributed by atoms with Crippen LogP contribution in [0.1, 0.15) is 35.7 Å². The van der Waals surface area contributed by atoms with Gasteiger partial charge in [0, 0.05) is 23.9 Å². The molecule has 0 aliphatic carbocycles. The average Bonchev–Trinajstić information content (AvgIpc) is 2.55. The number of benzene rings is 2. The molecule has 0 aliphatic rings. The Morgan fingerprint density at radius 2 is 1.95 bits per heavy atom. The Balaban J connectivity index is 1.99. The molecule has 0 radical (unpaired) electrons. The van der Waals surface area contributed by atoms with E-state index in [4.69, 9.17) is 10.5 Å². The van der Waals surface area contributed by atoms with Crippen LogP contribution in [0.2, 0.25) is 0 Å². The van der Waals surface area contributed by atoms with Crippen LogP contribution < -0.4 is 15.8 Å². The molecule has 0 saturated heterocycles. The van der Waals surface area contributed by atoms with Gasteiger partial charge >= 0.3 is 0 Å². The zero-order valence-corrected chi connectivity index (χ0v) is 12.8. The van der Waals surface area contributed by atoms with E-state index >= 15 is 0 Å². The molecule has 0 unspecified atom stereocenters. The highest BCUT2D eigenvalue weighted by molar-refractivity contribution is 6.04. The Morgan fingerprint density at radius 3 is 2.64 bits per heavy atom. The Hall–Kier alpha value is -2.33. The minimum absolute atomic E-state index is 0.144. The first-order chi connectivity index (χ1) is 10.7. The third-order valence-corrected chi connectivity index (χ3v) is 3.31. The van der Waals surface area contributed by atoms with Crippen LogP contribution in [0.5, 0.6) is 5.75 Å². The number of carbonyl (C=O) groups excluding carboxylic acids is 1. The van der Waals surface area contributed by atoms with Crippen molar-refractivity contribution in [2.75, 3.05) is 11.9 Å². The van der Waals surface area contributed by atoms with E-state index in [1.54, 1.807) is 12.1 Å². The van der Waals surface area contributed by atoms with E-state index in [0.29, 0.717) is 18.7 Å². The molecule has 1 amide bonds. The summed E-state index contributed by atoms with van der Waals surface area (Å²) in [5, 5.41) is 2.88. The number of hydrogen-bond acceptors (Lipinski definition) is 3. The lowest BCUT2D eigenvalue weighted by Gasteiger charge is -2.09. The maximum atomic E-state index is 12.2. The summed E-state index contributed by atoms with van der Waals surface area (Å²) in [7, 11) is 0. The van der Waals surface area contributed by atoms with Crippen molar-refractivity contribution in [3.8, 4) is 5.75 Å². The van der Waals surface area contributed by atoms with Gasteiger partial charge in [0.25, 0.3) is 5.91 Å². The van der Waals surface area contributed by atoms with Crippen LogP contribution in [0.3, 0.4) is 0 Å². The van der Waals surface area contributed by atoms with Crippen molar-refractivity contribution in [3.05, 3.63) is 59.7 Å². The van der Waals surface area contributed by atoms with E-state index in [0.717, 1.165) is 29.8 Å². The van der Waals surface area contributed by atoms with Crippen molar-refractivity contribution < 1.29 is 9.53 Å². The van der Waals surface area contributed by atoms with Crippen molar-refractivity contribution in [3.63, 3.8) is 0 Å². The normalized spacial score (nSPS) is 10.3. The Bertz CT molecular complexity index is 609. The van der Waals surface area contributed by atoms with E-state index in [1.807, 2.05) is 36.4 Å². The lowest BCUT2D eigenvalue weighted by molar-refractivity contribution is 0.102. The topological polar surface area (TPSA) is 64.3 Å². The number of anilines is 1. The lowest BCUT2D eigenvalue weighted by Crippen LogP contribution is -2.12. The summed E-state index contributed by atoms with van der Waals surface area (Å²) < 4.78 is 5.64. The minimum atomic E-state index is -0.144. The van der Waals surface area contributed by atoms with Crippen LogP contribution in [0, 0.1) is 0 Å². The molecule has 0 fully saturated rings. The first-order valence-corrected chi connectivity index (χ1v) is 7.56. The number of hydrogen-bond donors (Lipinski definition) is 2. The van der Waals surface area contributed by atoms with Crippen LogP contribution in [0.4, 0.5) is 5.69 Å². The second-order valence-corrected chi connectivity index (χ2v) is 5.09. The number of nitrogens with two attached hydrogens (primary N) is 1. The molecule has 0 heterocycles. The predicted molar refractivity (Wildman–Crippen MR) is 89.1 cm³/mol. The van der Waals surface area contributed by atoms with Gasteiger partial charge in [0.2, 0.25) is 0 Å². The highest BCUT2D eigenvalue weighted by Crippen LogP contribution is 2.18. The quantitative estimate of drug-likeness (QED) is 0.768. The van der Waals surface area contributed by atoms with Crippen LogP contribution in [0.25, 0.3) is 0 Å². The molecule has 2 rings (SSSR count). The van der Waals surface area contributed by atoms with Crippen molar-refractivity contribution in [2.24, 2.45) is 5.73 Å². The fourth-order valence-electron chi connectivity index (χ4n) is 1.99. The number of rotatable bonds is 7.